The van der Waals surface area contributed by atoms with Gasteiger partial charge in [-0.05, 0) is 25.5 Å². The van der Waals surface area contributed by atoms with Crippen molar-refractivity contribution in [3.8, 4) is 0 Å². The van der Waals surface area contributed by atoms with Gasteiger partial charge in [-0.3, -0.25) is 10.2 Å². The highest BCUT2D eigenvalue weighted by molar-refractivity contribution is 8.00. The normalized spacial score (nSPS) is 9.93. The van der Waals surface area contributed by atoms with Crippen LogP contribution in [0.1, 0.15) is 11.1 Å². The molecule has 1 amide bonds. The molecule has 0 atom stereocenters. The lowest BCUT2D eigenvalue weighted by Crippen LogP contribution is -2.31. The summed E-state index contributed by atoms with van der Waals surface area (Å²) >= 11 is 1.50. The molecule has 0 radical (unpaired) electrons. The van der Waals surface area contributed by atoms with Gasteiger partial charge in [-0.25, -0.2) is 5.84 Å². The summed E-state index contributed by atoms with van der Waals surface area (Å²) in [6, 6.07) is 6.16. The quantitative estimate of drug-likeness (QED) is 0.343. The molecule has 0 saturated carbocycles. The maximum atomic E-state index is 10.9. The predicted molar refractivity (Wildman–Crippen MR) is 59.0 cm³/mol. The molecule has 0 fully saturated rings. The Morgan fingerprint density at radius 1 is 1.50 bits per heavy atom. The molecular weight excluding hydrogens is 196 g/mol. The Labute approximate surface area is 88.0 Å². The van der Waals surface area contributed by atoms with Gasteiger partial charge in [-0.15, -0.1) is 11.8 Å². The smallest absolute Gasteiger partial charge is 0.244 e. The Hall–Kier alpha value is -1.00. The van der Waals surface area contributed by atoms with Crippen LogP contribution in [-0.4, -0.2) is 11.7 Å². The first-order valence-corrected chi connectivity index (χ1v) is 5.31. The number of thioether (sulfide) groups is 1. The Balaban J connectivity index is 2.63. The number of rotatable bonds is 3. The first-order chi connectivity index (χ1) is 6.63. The van der Waals surface area contributed by atoms with E-state index in [0.29, 0.717) is 5.75 Å². The van der Waals surface area contributed by atoms with Crippen LogP contribution in [0.2, 0.25) is 0 Å². The highest BCUT2D eigenvalue weighted by Crippen LogP contribution is 2.22. The van der Waals surface area contributed by atoms with Crippen molar-refractivity contribution in [3.63, 3.8) is 0 Å². The summed E-state index contributed by atoms with van der Waals surface area (Å²) in [5.41, 5.74) is 4.53. The van der Waals surface area contributed by atoms with Gasteiger partial charge >= 0.3 is 0 Å². The van der Waals surface area contributed by atoms with Crippen LogP contribution in [0.25, 0.3) is 0 Å². The van der Waals surface area contributed by atoms with Crippen LogP contribution < -0.4 is 11.3 Å². The van der Waals surface area contributed by atoms with E-state index in [2.05, 4.69) is 11.5 Å². The lowest BCUT2D eigenvalue weighted by Gasteiger charge is -2.05. The van der Waals surface area contributed by atoms with Crippen molar-refractivity contribution in [1.82, 2.24) is 5.43 Å². The molecule has 1 rings (SSSR count). The first kappa shape index (κ1) is 11.1. The third-order valence-electron chi connectivity index (χ3n) is 1.85. The van der Waals surface area contributed by atoms with Gasteiger partial charge in [0.25, 0.3) is 0 Å². The minimum Gasteiger partial charge on any atom is -0.294 e. The topological polar surface area (TPSA) is 55.1 Å². The average Bonchev–Trinajstić information content (AvgIpc) is 2.16. The van der Waals surface area contributed by atoms with E-state index in [1.165, 1.54) is 22.9 Å². The van der Waals surface area contributed by atoms with Crippen molar-refractivity contribution in [1.29, 1.82) is 0 Å². The van der Waals surface area contributed by atoms with Crippen LogP contribution in [0, 0.1) is 13.8 Å². The fraction of sp³-hybridized carbons (Fsp3) is 0.300. The number of amides is 1. The number of benzene rings is 1. The van der Waals surface area contributed by atoms with E-state index >= 15 is 0 Å². The number of carbonyl (C=O) groups is 1. The molecule has 0 unspecified atom stereocenters. The van der Waals surface area contributed by atoms with Gasteiger partial charge in [0.05, 0.1) is 5.75 Å². The van der Waals surface area contributed by atoms with Crippen molar-refractivity contribution >= 4 is 17.7 Å². The zero-order valence-corrected chi connectivity index (χ0v) is 9.15. The lowest BCUT2D eigenvalue weighted by atomic mass is 10.2. The van der Waals surface area contributed by atoms with Crippen LogP contribution in [0.3, 0.4) is 0 Å². The number of hydrogen-bond acceptors (Lipinski definition) is 3. The fourth-order valence-corrected chi connectivity index (χ4v) is 1.97. The van der Waals surface area contributed by atoms with E-state index in [1.54, 1.807) is 0 Å². The largest absolute Gasteiger partial charge is 0.294 e. The Morgan fingerprint density at radius 2 is 2.21 bits per heavy atom. The summed E-state index contributed by atoms with van der Waals surface area (Å²) in [5, 5.41) is 0. The summed E-state index contributed by atoms with van der Waals surface area (Å²) in [4.78, 5) is 12.0. The number of nitrogens with one attached hydrogen (secondary N) is 1. The molecule has 1 aromatic carbocycles. The molecule has 0 saturated heterocycles. The predicted octanol–water partition coefficient (Wildman–Crippen LogP) is 1.39. The zero-order chi connectivity index (χ0) is 10.6. The van der Waals surface area contributed by atoms with Crippen molar-refractivity contribution in [2.24, 2.45) is 5.84 Å². The summed E-state index contributed by atoms with van der Waals surface area (Å²) in [6.45, 7) is 4.09. The molecule has 3 nitrogen and oxygen atoms in total. The molecule has 0 spiro atoms. The van der Waals surface area contributed by atoms with Crippen molar-refractivity contribution in [2.45, 2.75) is 18.7 Å². The van der Waals surface area contributed by atoms with Gasteiger partial charge in [0, 0.05) is 4.90 Å². The number of hydrazine groups is 1. The van der Waals surface area contributed by atoms with Crippen LogP contribution in [0.5, 0.6) is 0 Å². The van der Waals surface area contributed by atoms with E-state index in [0.717, 1.165) is 4.90 Å². The molecule has 0 aliphatic heterocycles. The summed E-state index contributed by atoms with van der Waals surface area (Å²) in [5.74, 6) is 5.19. The Morgan fingerprint density at radius 3 is 2.79 bits per heavy atom. The minimum absolute atomic E-state index is 0.157. The highest BCUT2D eigenvalue weighted by atomic mass is 32.2. The number of aryl methyl sites for hydroxylation is 2. The second-order valence-electron chi connectivity index (χ2n) is 3.13. The molecule has 0 heterocycles. The third-order valence-corrected chi connectivity index (χ3v) is 3.03. The SMILES string of the molecule is Cc1ccc(SCC(=O)NN)c(C)c1. The monoisotopic (exact) mass is 210 g/mol. The molecule has 0 aliphatic rings. The maximum Gasteiger partial charge on any atom is 0.244 e. The van der Waals surface area contributed by atoms with Crippen LogP contribution in [0.4, 0.5) is 0 Å². The van der Waals surface area contributed by atoms with Gasteiger partial charge < -0.3 is 0 Å². The van der Waals surface area contributed by atoms with Crippen molar-refractivity contribution in [3.05, 3.63) is 29.3 Å². The van der Waals surface area contributed by atoms with E-state index in [9.17, 15) is 4.79 Å². The highest BCUT2D eigenvalue weighted by Gasteiger charge is 2.02. The second-order valence-corrected chi connectivity index (χ2v) is 4.14. The standard InChI is InChI=1S/C10H14N2OS/c1-7-3-4-9(8(2)5-7)14-6-10(13)12-11/h3-5H,6,11H2,1-2H3,(H,12,13). The number of carbonyl (C=O) groups excluding carboxylic acids is 1. The summed E-state index contributed by atoms with van der Waals surface area (Å²) in [7, 11) is 0. The average molecular weight is 210 g/mol. The molecule has 0 aliphatic carbocycles. The molecule has 3 N–H and O–H groups in total. The lowest BCUT2D eigenvalue weighted by molar-refractivity contribution is -0.118. The van der Waals surface area contributed by atoms with Crippen LogP contribution in [-0.2, 0) is 4.79 Å². The van der Waals surface area contributed by atoms with Crippen molar-refractivity contribution < 1.29 is 4.79 Å². The van der Waals surface area contributed by atoms with Gasteiger partial charge in [-0.2, -0.15) is 0 Å². The van der Waals surface area contributed by atoms with E-state index in [-0.39, 0.29) is 5.91 Å². The molecule has 14 heavy (non-hydrogen) atoms. The van der Waals surface area contributed by atoms with E-state index in [1.807, 2.05) is 26.0 Å². The van der Waals surface area contributed by atoms with Crippen molar-refractivity contribution in [2.75, 3.05) is 5.75 Å². The third kappa shape index (κ3) is 3.05. The molecule has 1 aromatic rings. The fourth-order valence-electron chi connectivity index (χ4n) is 1.15. The van der Waals surface area contributed by atoms with E-state index < -0.39 is 0 Å². The second kappa shape index (κ2) is 5.02. The van der Waals surface area contributed by atoms with Gasteiger partial charge in [0.2, 0.25) is 5.91 Å². The van der Waals surface area contributed by atoms with E-state index in [4.69, 9.17) is 5.84 Å². The summed E-state index contributed by atoms with van der Waals surface area (Å²) in [6.07, 6.45) is 0. The van der Waals surface area contributed by atoms with Gasteiger partial charge in [-0.1, -0.05) is 17.7 Å². The maximum absolute atomic E-state index is 10.9. The molecule has 76 valence electrons. The number of nitrogens with two attached hydrogens (primary N) is 1. The minimum atomic E-state index is -0.157. The van der Waals surface area contributed by atoms with Gasteiger partial charge in [0.15, 0.2) is 0 Å². The molecular formula is C10H14N2OS. The molecule has 0 bridgehead atoms. The van der Waals surface area contributed by atoms with Crippen LogP contribution >= 0.6 is 11.8 Å². The van der Waals surface area contributed by atoms with Crippen LogP contribution in [0.15, 0.2) is 23.1 Å². The summed E-state index contributed by atoms with van der Waals surface area (Å²) < 4.78 is 0. The zero-order valence-electron chi connectivity index (χ0n) is 8.33. The Kier molecular flexibility index (Phi) is 3.98. The van der Waals surface area contributed by atoms with Gasteiger partial charge in [0.1, 0.15) is 0 Å². The Bertz CT molecular complexity index is 339. The number of hydrogen-bond donors (Lipinski definition) is 2. The molecule has 4 heteroatoms. The first-order valence-electron chi connectivity index (χ1n) is 4.33. The molecule has 0 aromatic heterocycles.